The first-order valence-electron chi connectivity index (χ1n) is 4.97. The Labute approximate surface area is 116 Å². The molecule has 2 aromatic rings. The number of hydrogen-bond acceptors (Lipinski definition) is 3. The van der Waals surface area contributed by atoms with Gasteiger partial charge in [0, 0.05) is 11.0 Å². The molecule has 88 valence electrons. The van der Waals surface area contributed by atoms with Gasteiger partial charge in [0.05, 0.1) is 16.4 Å². The van der Waals surface area contributed by atoms with Crippen molar-refractivity contribution in [2.75, 3.05) is 0 Å². The van der Waals surface area contributed by atoms with Gasteiger partial charge in [-0.05, 0) is 46.3 Å². The number of nitrogens with zero attached hydrogens (tertiary/aromatic N) is 1. The maximum atomic E-state index is 5.69. The van der Waals surface area contributed by atoms with Gasteiger partial charge in [0.25, 0.3) is 0 Å². The Kier molecular flexibility index (Phi) is 4.15. The Bertz CT molecular complexity index is 514. The summed E-state index contributed by atoms with van der Waals surface area (Å²) in [7, 11) is 0. The molecule has 2 N–H and O–H groups in total. The van der Waals surface area contributed by atoms with Gasteiger partial charge < -0.3 is 10.5 Å². The minimum Gasteiger partial charge on any atom is -0.455 e. The average molecular weight is 358 g/mol. The van der Waals surface area contributed by atoms with Gasteiger partial charge in [-0.25, -0.2) is 0 Å². The van der Waals surface area contributed by atoms with Crippen LogP contribution < -0.4 is 10.5 Å². The molecule has 1 aromatic carbocycles. The third-order valence-corrected chi connectivity index (χ3v) is 3.24. The Hall–Kier alpha value is -0.910. The van der Waals surface area contributed by atoms with Crippen LogP contribution in [-0.4, -0.2) is 4.98 Å². The van der Waals surface area contributed by atoms with Crippen molar-refractivity contribution < 1.29 is 4.74 Å². The highest BCUT2D eigenvalue weighted by atomic mass is 79.9. The van der Waals surface area contributed by atoms with Crippen molar-refractivity contribution in [3.8, 4) is 11.5 Å². The van der Waals surface area contributed by atoms with E-state index < -0.39 is 0 Å². The topological polar surface area (TPSA) is 48.1 Å². The standard InChI is InChI=1S/C12H10Br2N2O/c13-8-1-4-12(11(14)5-8)17-10-3-2-9(6-15)16-7-10/h1-5,7H,6,15H2. The zero-order valence-corrected chi connectivity index (χ0v) is 12.0. The molecular weight excluding hydrogens is 348 g/mol. The molecule has 0 aliphatic carbocycles. The van der Waals surface area contributed by atoms with Crippen molar-refractivity contribution in [3.63, 3.8) is 0 Å². The SMILES string of the molecule is NCc1ccc(Oc2ccc(Br)cc2Br)cn1. The first-order chi connectivity index (χ1) is 8.19. The predicted octanol–water partition coefficient (Wildman–Crippen LogP) is 3.86. The number of aromatic nitrogens is 1. The van der Waals surface area contributed by atoms with Crippen LogP contribution in [0.3, 0.4) is 0 Å². The number of benzene rings is 1. The molecule has 0 fully saturated rings. The fourth-order valence-corrected chi connectivity index (χ4v) is 2.40. The summed E-state index contributed by atoms with van der Waals surface area (Å²) in [5, 5.41) is 0. The molecule has 2 rings (SSSR count). The van der Waals surface area contributed by atoms with Crippen LogP contribution in [0, 0.1) is 0 Å². The maximum absolute atomic E-state index is 5.69. The quantitative estimate of drug-likeness (QED) is 0.907. The van der Waals surface area contributed by atoms with E-state index in [-0.39, 0.29) is 0 Å². The van der Waals surface area contributed by atoms with Crippen LogP contribution in [-0.2, 0) is 6.54 Å². The molecule has 1 heterocycles. The van der Waals surface area contributed by atoms with Gasteiger partial charge in [0.2, 0.25) is 0 Å². The first-order valence-corrected chi connectivity index (χ1v) is 6.55. The fraction of sp³-hybridized carbons (Fsp3) is 0.0833. The van der Waals surface area contributed by atoms with E-state index in [2.05, 4.69) is 36.8 Å². The van der Waals surface area contributed by atoms with Gasteiger partial charge in [-0.2, -0.15) is 0 Å². The number of hydrogen-bond donors (Lipinski definition) is 1. The Morgan fingerprint density at radius 1 is 1.18 bits per heavy atom. The summed E-state index contributed by atoms with van der Waals surface area (Å²) in [6, 6.07) is 9.43. The van der Waals surface area contributed by atoms with Gasteiger partial charge in [-0.3, -0.25) is 4.98 Å². The molecule has 0 aliphatic heterocycles. The molecule has 0 amide bonds. The minimum atomic E-state index is 0.433. The van der Waals surface area contributed by atoms with E-state index in [9.17, 15) is 0 Å². The van der Waals surface area contributed by atoms with Crippen LogP contribution in [0.5, 0.6) is 11.5 Å². The summed E-state index contributed by atoms with van der Waals surface area (Å²) in [5.41, 5.74) is 6.32. The smallest absolute Gasteiger partial charge is 0.145 e. The minimum absolute atomic E-state index is 0.433. The van der Waals surface area contributed by atoms with Crippen LogP contribution in [0.4, 0.5) is 0 Å². The van der Waals surface area contributed by atoms with Crippen molar-refractivity contribution >= 4 is 31.9 Å². The van der Waals surface area contributed by atoms with Crippen LogP contribution >= 0.6 is 31.9 Å². The number of pyridine rings is 1. The summed E-state index contributed by atoms with van der Waals surface area (Å²) in [6.07, 6.45) is 1.66. The summed E-state index contributed by atoms with van der Waals surface area (Å²) in [5.74, 6) is 1.43. The molecule has 0 saturated carbocycles. The maximum Gasteiger partial charge on any atom is 0.145 e. The van der Waals surface area contributed by atoms with E-state index >= 15 is 0 Å². The van der Waals surface area contributed by atoms with E-state index in [0.29, 0.717) is 12.3 Å². The van der Waals surface area contributed by atoms with Crippen molar-refractivity contribution in [1.82, 2.24) is 4.98 Å². The summed E-state index contributed by atoms with van der Waals surface area (Å²) >= 11 is 6.83. The van der Waals surface area contributed by atoms with E-state index in [4.69, 9.17) is 10.5 Å². The third kappa shape index (κ3) is 3.28. The molecule has 0 atom stereocenters. The zero-order valence-electron chi connectivity index (χ0n) is 8.86. The first kappa shape index (κ1) is 12.5. The summed E-state index contributed by atoms with van der Waals surface area (Å²) in [4.78, 5) is 4.17. The molecular formula is C12H10Br2N2O. The molecule has 0 bridgehead atoms. The highest BCUT2D eigenvalue weighted by Gasteiger charge is 2.03. The van der Waals surface area contributed by atoms with Gasteiger partial charge in [-0.15, -0.1) is 0 Å². The van der Waals surface area contributed by atoms with Gasteiger partial charge in [0.15, 0.2) is 0 Å². The molecule has 0 unspecified atom stereocenters. The Morgan fingerprint density at radius 3 is 2.59 bits per heavy atom. The molecule has 0 radical (unpaired) electrons. The van der Waals surface area contributed by atoms with Crippen molar-refractivity contribution in [2.24, 2.45) is 5.73 Å². The monoisotopic (exact) mass is 356 g/mol. The molecule has 17 heavy (non-hydrogen) atoms. The van der Waals surface area contributed by atoms with Crippen LogP contribution in [0.1, 0.15) is 5.69 Å². The van der Waals surface area contributed by atoms with E-state index in [1.54, 1.807) is 6.20 Å². The Morgan fingerprint density at radius 2 is 2.00 bits per heavy atom. The van der Waals surface area contributed by atoms with Crippen LogP contribution in [0.15, 0.2) is 45.5 Å². The van der Waals surface area contributed by atoms with Crippen LogP contribution in [0.25, 0.3) is 0 Å². The van der Waals surface area contributed by atoms with Crippen molar-refractivity contribution in [2.45, 2.75) is 6.54 Å². The van der Waals surface area contributed by atoms with Gasteiger partial charge in [0.1, 0.15) is 11.5 Å². The second-order valence-corrected chi connectivity index (χ2v) is 5.14. The second kappa shape index (κ2) is 5.62. The zero-order chi connectivity index (χ0) is 12.3. The van der Waals surface area contributed by atoms with Gasteiger partial charge in [-0.1, -0.05) is 15.9 Å². The molecule has 0 aliphatic rings. The van der Waals surface area contributed by atoms with E-state index in [1.807, 2.05) is 30.3 Å². The molecule has 0 spiro atoms. The predicted molar refractivity (Wildman–Crippen MR) is 74.0 cm³/mol. The van der Waals surface area contributed by atoms with Crippen molar-refractivity contribution in [3.05, 3.63) is 51.2 Å². The average Bonchev–Trinajstić information content (AvgIpc) is 2.34. The van der Waals surface area contributed by atoms with Crippen LogP contribution in [0.2, 0.25) is 0 Å². The Balaban J connectivity index is 2.19. The normalized spacial score (nSPS) is 10.3. The lowest BCUT2D eigenvalue weighted by Gasteiger charge is -2.08. The summed E-state index contributed by atoms with van der Waals surface area (Å²) in [6.45, 7) is 0.433. The molecule has 5 heteroatoms. The molecule has 0 saturated heterocycles. The highest BCUT2D eigenvalue weighted by Crippen LogP contribution is 2.31. The molecule has 1 aromatic heterocycles. The van der Waals surface area contributed by atoms with E-state index in [1.165, 1.54) is 0 Å². The number of rotatable bonds is 3. The third-order valence-electron chi connectivity index (χ3n) is 2.13. The largest absolute Gasteiger partial charge is 0.455 e. The van der Waals surface area contributed by atoms with Crippen molar-refractivity contribution in [1.29, 1.82) is 0 Å². The number of halogens is 2. The lowest BCUT2D eigenvalue weighted by molar-refractivity contribution is 0.476. The second-order valence-electron chi connectivity index (χ2n) is 3.37. The van der Waals surface area contributed by atoms with E-state index in [0.717, 1.165) is 20.4 Å². The number of ether oxygens (including phenoxy) is 1. The van der Waals surface area contributed by atoms with Gasteiger partial charge >= 0.3 is 0 Å². The fourth-order valence-electron chi connectivity index (χ4n) is 1.28. The lowest BCUT2D eigenvalue weighted by Crippen LogP contribution is -1.98. The molecule has 3 nitrogen and oxygen atoms in total. The number of nitrogens with two attached hydrogens (primary N) is 1. The summed E-state index contributed by atoms with van der Waals surface area (Å²) < 4.78 is 7.57. The lowest BCUT2D eigenvalue weighted by atomic mass is 10.3. The highest BCUT2D eigenvalue weighted by molar-refractivity contribution is 9.11.